The predicted molar refractivity (Wildman–Crippen MR) is 241 cm³/mol. The van der Waals surface area contributed by atoms with Gasteiger partial charge in [-0.2, -0.15) is 15.1 Å². The molecule has 0 aliphatic carbocycles. The first-order chi connectivity index (χ1) is 32.2. The monoisotopic (exact) mass is 903 g/mol. The van der Waals surface area contributed by atoms with Crippen LogP contribution in [0.2, 0.25) is 0 Å². The highest BCUT2D eigenvalue weighted by Gasteiger charge is 2.35. The number of piperidine rings is 2. The molecule has 0 spiro atoms. The third-order valence-corrected chi connectivity index (χ3v) is 12.1. The maximum atomic E-state index is 16.3. The SMILES string of the molecule is CC(=O)Nc1ccc(F)c2c(C(=O)C(=O)N3CCC(=C(C#N)c4cc[n+](-c5cc(F)c6c(C(=O)C(=O)N7CCC(=C(C#N)c8cccnc8)CC7C)c[nH]c6c5NC(C)=O)cc4)CC3)c[nH]c12. The van der Waals surface area contributed by atoms with Gasteiger partial charge in [0.1, 0.15) is 17.3 Å². The van der Waals surface area contributed by atoms with Crippen LogP contribution >= 0.6 is 0 Å². The number of hydrogen-bond acceptors (Lipinski definition) is 9. The number of halogens is 2. The highest BCUT2D eigenvalue weighted by atomic mass is 19.1. The summed E-state index contributed by atoms with van der Waals surface area (Å²) in [6.07, 6.45) is 10.0. The lowest BCUT2D eigenvalue weighted by atomic mass is 9.90. The number of amides is 4. The molecule has 6 aromatic rings. The Morgan fingerprint density at radius 1 is 0.761 bits per heavy atom. The van der Waals surface area contributed by atoms with E-state index in [1.54, 1.807) is 56.0 Å². The summed E-state index contributed by atoms with van der Waals surface area (Å²) >= 11 is 0. The Morgan fingerprint density at radius 3 is 1.99 bits per heavy atom. The van der Waals surface area contributed by atoms with Crippen LogP contribution < -0.4 is 15.2 Å². The van der Waals surface area contributed by atoms with E-state index in [2.05, 4.69) is 37.7 Å². The van der Waals surface area contributed by atoms with Crippen molar-refractivity contribution in [1.82, 2.24) is 24.8 Å². The van der Waals surface area contributed by atoms with Crippen molar-refractivity contribution >= 4 is 79.5 Å². The Morgan fingerprint density at radius 2 is 1.37 bits per heavy atom. The topological polar surface area (TPSA) is 229 Å². The molecule has 1 unspecified atom stereocenters. The molecule has 0 saturated carbocycles. The number of ketones is 2. The zero-order valence-electron chi connectivity index (χ0n) is 36.4. The van der Waals surface area contributed by atoms with Crippen molar-refractivity contribution in [1.29, 1.82) is 10.5 Å². The van der Waals surface area contributed by atoms with Crippen LogP contribution in [0.15, 0.2) is 90.8 Å². The number of H-pyrrole nitrogens is 2. The second kappa shape index (κ2) is 18.5. The Balaban J connectivity index is 0.997. The molecule has 18 heteroatoms. The van der Waals surface area contributed by atoms with Gasteiger partial charge in [-0.25, -0.2) is 8.78 Å². The molecule has 16 nitrogen and oxygen atoms in total. The minimum absolute atomic E-state index is 0.0640. The Labute approximate surface area is 381 Å². The summed E-state index contributed by atoms with van der Waals surface area (Å²) in [5, 5.41) is 25.2. The van der Waals surface area contributed by atoms with Crippen molar-refractivity contribution in [2.24, 2.45) is 0 Å². The normalized spacial score (nSPS) is 15.7. The van der Waals surface area contributed by atoms with Gasteiger partial charge in [-0.15, -0.1) is 0 Å². The number of hydrogen-bond donors (Lipinski definition) is 4. The smallest absolute Gasteiger partial charge is 0.295 e. The first kappa shape index (κ1) is 44.9. The molecular formula is C49H41F2N10O6+. The van der Waals surface area contributed by atoms with Gasteiger partial charge in [-0.05, 0) is 62.0 Å². The Kier molecular flexibility index (Phi) is 12.4. The molecule has 4 aromatic heterocycles. The van der Waals surface area contributed by atoms with Gasteiger partial charge in [0, 0.05) is 104 Å². The molecule has 336 valence electrons. The average molecular weight is 904 g/mol. The summed E-state index contributed by atoms with van der Waals surface area (Å²) in [6, 6.07) is 14.4. The third kappa shape index (κ3) is 8.55. The number of pyridine rings is 2. The largest absolute Gasteiger partial charge is 0.359 e. The van der Waals surface area contributed by atoms with Crippen LogP contribution in [-0.2, 0) is 19.2 Å². The van der Waals surface area contributed by atoms with Gasteiger partial charge in [0.05, 0.1) is 51.1 Å². The number of carbonyl (C=O) groups excluding carboxylic acids is 6. The van der Waals surface area contributed by atoms with Crippen molar-refractivity contribution in [2.45, 2.75) is 52.5 Å². The van der Waals surface area contributed by atoms with E-state index in [1.807, 2.05) is 0 Å². The van der Waals surface area contributed by atoms with Gasteiger partial charge in [0.15, 0.2) is 12.4 Å². The highest BCUT2D eigenvalue weighted by molar-refractivity contribution is 6.45. The van der Waals surface area contributed by atoms with Crippen LogP contribution in [0.3, 0.4) is 0 Å². The van der Waals surface area contributed by atoms with Gasteiger partial charge in [-0.1, -0.05) is 6.07 Å². The summed E-state index contributed by atoms with van der Waals surface area (Å²) in [4.78, 5) is 91.1. The predicted octanol–water partition coefficient (Wildman–Crippen LogP) is 6.47. The fraction of sp³-hybridized carbons (Fsp3) is 0.224. The van der Waals surface area contributed by atoms with E-state index < -0.39 is 52.9 Å². The van der Waals surface area contributed by atoms with E-state index in [1.165, 1.54) is 46.7 Å². The number of anilines is 2. The second-order valence-electron chi connectivity index (χ2n) is 16.3. The summed E-state index contributed by atoms with van der Waals surface area (Å²) in [5.41, 5.74) is 3.95. The lowest BCUT2D eigenvalue weighted by Gasteiger charge is -2.34. The van der Waals surface area contributed by atoms with Gasteiger partial charge >= 0.3 is 0 Å². The van der Waals surface area contributed by atoms with Crippen LogP contribution in [0.1, 0.15) is 78.3 Å². The molecule has 2 aliphatic rings. The molecule has 0 bridgehead atoms. The number of nitrogens with zero attached hydrogens (tertiary/aromatic N) is 6. The molecule has 4 N–H and O–H groups in total. The quantitative estimate of drug-likeness (QED) is 0.0539. The summed E-state index contributed by atoms with van der Waals surface area (Å²) in [5.74, 6) is -6.03. The first-order valence-corrected chi connectivity index (χ1v) is 21.2. The number of benzene rings is 2. The Hall–Kier alpha value is -8.64. The molecule has 2 aromatic carbocycles. The molecule has 6 heterocycles. The van der Waals surface area contributed by atoms with Crippen molar-refractivity contribution in [3.8, 4) is 17.8 Å². The number of rotatable bonds is 9. The molecule has 67 heavy (non-hydrogen) atoms. The van der Waals surface area contributed by atoms with Crippen LogP contribution in [0.25, 0.3) is 38.6 Å². The van der Waals surface area contributed by atoms with E-state index >= 15 is 4.39 Å². The number of likely N-dealkylation sites (tertiary alicyclic amines) is 2. The lowest BCUT2D eigenvalue weighted by Crippen LogP contribution is -2.46. The number of allylic oxidation sites excluding steroid dienone is 2. The van der Waals surface area contributed by atoms with Crippen molar-refractivity contribution in [3.05, 3.63) is 125 Å². The fourth-order valence-electron chi connectivity index (χ4n) is 8.89. The van der Waals surface area contributed by atoms with E-state index in [9.17, 15) is 43.7 Å². The van der Waals surface area contributed by atoms with Crippen LogP contribution in [-0.4, -0.2) is 85.6 Å². The minimum Gasteiger partial charge on any atom is -0.359 e. The van der Waals surface area contributed by atoms with Crippen LogP contribution in [0, 0.1) is 34.3 Å². The average Bonchev–Trinajstić information content (AvgIpc) is 3.99. The number of nitrogens with one attached hydrogen (secondary N) is 4. The summed E-state index contributed by atoms with van der Waals surface area (Å²) in [6.45, 7) is 4.71. The zero-order chi connectivity index (χ0) is 47.7. The number of nitriles is 2. The van der Waals surface area contributed by atoms with E-state index in [0.29, 0.717) is 35.1 Å². The van der Waals surface area contributed by atoms with E-state index in [-0.39, 0.29) is 82.5 Å². The zero-order valence-corrected chi connectivity index (χ0v) is 36.4. The highest BCUT2D eigenvalue weighted by Crippen LogP contribution is 2.35. The van der Waals surface area contributed by atoms with Crippen molar-refractivity contribution < 1.29 is 42.1 Å². The van der Waals surface area contributed by atoms with Crippen molar-refractivity contribution in [3.63, 3.8) is 0 Å². The Bertz CT molecular complexity index is 3220. The third-order valence-electron chi connectivity index (χ3n) is 12.1. The summed E-state index contributed by atoms with van der Waals surface area (Å²) in [7, 11) is 0. The van der Waals surface area contributed by atoms with Gasteiger partial charge in [-0.3, -0.25) is 33.8 Å². The number of carbonyl (C=O) groups is 6. The molecular weight excluding hydrogens is 863 g/mol. The number of aromatic nitrogens is 4. The molecule has 2 saturated heterocycles. The molecule has 2 fully saturated rings. The molecule has 2 aliphatic heterocycles. The number of fused-ring (bicyclic) bond motifs is 2. The molecule has 4 amide bonds. The molecule has 1 atom stereocenters. The van der Waals surface area contributed by atoms with E-state index in [4.69, 9.17) is 0 Å². The second-order valence-corrected chi connectivity index (χ2v) is 16.3. The lowest BCUT2D eigenvalue weighted by molar-refractivity contribution is -0.594. The number of aromatic amines is 2. The van der Waals surface area contributed by atoms with Crippen molar-refractivity contribution in [2.75, 3.05) is 30.3 Å². The summed E-state index contributed by atoms with van der Waals surface area (Å²) < 4.78 is 32.8. The van der Waals surface area contributed by atoms with Gasteiger partial charge in [0.25, 0.3) is 23.4 Å². The maximum Gasteiger partial charge on any atom is 0.295 e. The van der Waals surface area contributed by atoms with Gasteiger partial charge < -0.3 is 30.4 Å². The number of Topliss-reactive ketones (excluding diaryl/α,β-unsaturated/α-hetero) is 2. The standard InChI is InChI=1S/C49H40F2N10O6/c1-26-19-31(34(22-53)32-5-4-13-54-23-32)12-18-61(26)49(67)47(65)36-25-56-45-42(36)38(51)20-40(44(45)58-28(3)63)59-14-8-29(9-15-59)33(21-52)30-10-16-60(17-11-30)48(66)46(64)35-24-55-43-39(57-27(2)62)7-6-37(50)41(35)43/h4-9,13-15,20,23-26H,10-12,16-19H2,1-3H3,(H3-,55,56,57,58,62,63,64,65,66,67)/p+1. The van der Waals surface area contributed by atoms with Crippen LogP contribution in [0.4, 0.5) is 20.2 Å². The molecule has 8 rings (SSSR count). The van der Waals surface area contributed by atoms with E-state index in [0.717, 1.165) is 23.3 Å². The maximum absolute atomic E-state index is 16.3. The van der Waals surface area contributed by atoms with Crippen LogP contribution in [0.5, 0.6) is 0 Å². The first-order valence-electron chi connectivity index (χ1n) is 21.2. The molecule has 0 radical (unpaired) electrons. The fourth-order valence-corrected chi connectivity index (χ4v) is 8.89. The van der Waals surface area contributed by atoms with Gasteiger partial charge in [0.2, 0.25) is 17.5 Å². The minimum atomic E-state index is -0.947.